The van der Waals surface area contributed by atoms with Crippen LogP contribution in [0.4, 0.5) is 0 Å². The van der Waals surface area contributed by atoms with Gasteiger partial charge >= 0.3 is 0 Å². The summed E-state index contributed by atoms with van der Waals surface area (Å²) in [4.78, 5) is 13.9. The minimum Gasteiger partial charge on any atom is -0.496 e. The molecule has 1 saturated carbocycles. The van der Waals surface area contributed by atoms with E-state index < -0.39 is 0 Å². The largest absolute Gasteiger partial charge is 0.496 e. The number of benzene rings is 1. The van der Waals surface area contributed by atoms with E-state index in [4.69, 9.17) is 4.74 Å². The molecule has 0 spiro atoms. The summed E-state index contributed by atoms with van der Waals surface area (Å²) in [7, 11) is 3.48. The number of hydrogen-bond acceptors (Lipinski definition) is 3. The minimum absolute atomic E-state index is 0.115. The highest BCUT2D eigenvalue weighted by atomic mass is 79.9. The van der Waals surface area contributed by atoms with Gasteiger partial charge in [-0.1, -0.05) is 28.8 Å². The van der Waals surface area contributed by atoms with Crippen molar-refractivity contribution in [3.8, 4) is 5.75 Å². The highest BCUT2D eigenvalue weighted by molar-refractivity contribution is 9.10. The Labute approximate surface area is 135 Å². The summed E-state index contributed by atoms with van der Waals surface area (Å²) in [5.74, 6) is 0.922. The Balaban J connectivity index is 1.89. The molecule has 116 valence electrons. The third-order valence-electron chi connectivity index (χ3n) is 3.97. The van der Waals surface area contributed by atoms with Crippen LogP contribution in [0.3, 0.4) is 0 Å². The molecule has 0 bridgehead atoms. The highest BCUT2D eigenvalue weighted by Crippen LogP contribution is 2.24. The van der Waals surface area contributed by atoms with Crippen LogP contribution in [0, 0.1) is 0 Å². The van der Waals surface area contributed by atoms with Crippen molar-refractivity contribution in [1.29, 1.82) is 0 Å². The summed E-state index contributed by atoms with van der Waals surface area (Å²) in [5, 5.41) is 3.36. The lowest BCUT2D eigenvalue weighted by Gasteiger charge is -2.20. The van der Waals surface area contributed by atoms with Crippen LogP contribution in [-0.2, 0) is 11.3 Å². The zero-order valence-electron chi connectivity index (χ0n) is 12.7. The predicted octanol–water partition coefficient (Wildman–Crippen LogP) is 2.95. The lowest BCUT2D eigenvalue weighted by Crippen LogP contribution is -2.38. The van der Waals surface area contributed by atoms with Gasteiger partial charge < -0.3 is 15.0 Å². The number of likely N-dealkylation sites (N-methyl/N-ethyl adjacent to an activating group) is 1. The molecular formula is C16H23BrN2O2. The maximum absolute atomic E-state index is 12.2. The lowest BCUT2D eigenvalue weighted by atomic mass is 10.2. The number of nitrogens with one attached hydrogen (secondary N) is 1. The number of carbonyl (C=O) groups is 1. The standard InChI is InChI=1S/C16H23BrN2O2/c1-19(16(20)10-18-14-5-3-4-6-14)11-12-9-13(17)7-8-15(12)21-2/h7-9,14,18H,3-6,10-11H2,1-2H3. The molecule has 1 aliphatic carbocycles. The van der Waals surface area contributed by atoms with Gasteiger partial charge in [-0.25, -0.2) is 0 Å². The van der Waals surface area contributed by atoms with Gasteiger partial charge in [-0.2, -0.15) is 0 Å². The first-order valence-electron chi connectivity index (χ1n) is 7.40. The zero-order valence-corrected chi connectivity index (χ0v) is 14.3. The lowest BCUT2D eigenvalue weighted by molar-refractivity contribution is -0.129. The van der Waals surface area contributed by atoms with Crippen LogP contribution >= 0.6 is 15.9 Å². The van der Waals surface area contributed by atoms with Gasteiger partial charge in [0.15, 0.2) is 0 Å². The molecule has 0 aromatic heterocycles. The van der Waals surface area contributed by atoms with Gasteiger partial charge in [-0.05, 0) is 31.0 Å². The molecule has 1 aromatic carbocycles. The number of methoxy groups -OCH3 is 1. The maximum atomic E-state index is 12.2. The van der Waals surface area contributed by atoms with Gasteiger partial charge in [0.05, 0.1) is 13.7 Å². The van der Waals surface area contributed by atoms with Crippen LogP contribution in [0.1, 0.15) is 31.2 Å². The van der Waals surface area contributed by atoms with Crippen molar-refractivity contribution in [3.63, 3.8) is 0 Å². The van der Waals surface area contributed by atoms with E-state index in [1.807, 2.05) is 25.2 Å². The summed E-state index contributed by atoms with van der Waals surface area (Å²) in [6.45, 7) is 0.964. The second-order valence-corrected chi connectivity index (χ2v) is 6.48. The van der Waals surface area contributed by atoms with Gasteiger partial charge in [0.25, 0.3) is 0 Å². The number of nitrogens with zero attached hydrogens (tertiary/aromatic N) is 1. The highest BCUT2D eigenvalue weighted by Gasteiger charge is 2.17. The first-order chi connectivity index (χ1) is 10.1. The Morgan fingerprint density at radius 1 is 1.43 bits per heavy atom. The Kier molecular flexibility index (Phi) is 6.06. The van der Waals surface area contributed by atoms with Crippen molar-refractivity contribution in [2.75, 3.05) is 20.7 Å². The van der Waals surface area contributed by atoms with E-state index in [0.717, 1.165) is 15.8 Å². The predicted molar refractivity (Wildman–Crippen MR) is 87.4 cm³/mol. The van der Waals surface area contributed by atoms with Gasteiger partial charge in [-0.15, -0.1) is 0 Å². The van der Waals surface area contributed by atoms with Crippen molar-refractivity contribution in [3.05, 3.63) is 28.2 Å². The van der Waals surface area contributed by atoms with Crippen LogP contribution < -0.4 is 10.1 Å². The molecule has 0 atom stereocenters. The molecule has 0 unspecified atom stereocenters. The fourth-order valence-electron chi connectivity index (χ4n) is 2.71. The summed E-state index contributed by atoms with van der Waals surface area (Å²) in [6, 6.07) is 6.36. The molecule has 1 aliphatic rings. The van der Waals surface area contributed by atoms with Crippen LogP contribution in [0.25, 0.3) is 0 Å². The summed E-state index contributed by atoms with van der Waals surface area (Å²) in [5.41, 5.74) is 1.00. The summed E-state index contributed by atoms with van der Waals surface area (Å²) >= 11 is 3.46. The Morgan fingerprint density at radius 2 is 2.14 bits per heavy atom. The molecule has 1 N–H and O–H groups in total. The number of amides is 1. The van der Waals surface area contributed by atoms with Crippen molar-refractivity contribution >= 4 is 21.8 Å². The zero-order chi connectivity index (χ0) is 15.2. The van der Waals surface area contributed by atoms with Gasteiger partial charge in [0.1, 0.15) is 5.75 Å². The third-order valence-corrected chi connectivity index (χ3v) is 4.47. The number of halogens is 1. The van der Waals surface area contributed by atoms with Crippen LogP contribution in [0.2, 0.25) is 0 Å². The SMILES string of the molecule is COc1ccc(Br)cc1CN(C)C(=O)CNC1CCCC1. The van der Waals surface area contributed by atoms with Crippen LogP contribution in [0.5, 0.6) is 5.75 Å². The van der Waals surface area contributed by atoms with Crippen LogP contribution in [-0.4, -0.2) is 37.6 Å². The molecule has 5 heteroatoms. The Morgan fingerprint density at radius 3 is 2.81 bits per heavy atom. The number of carbonyl (C=O) groups excluding carboxylic acids is 1. The number of ether oxygens (including phenoxy) is 1. The fourth-order valence-corrected chi connectivity index (χ4v) is 3.12. The van der Waals surface area contributed by atoms with Gasteiger partial charge in [0, 0.05) is 29.7 Å². The molecule has 1 amide bonds. The second kappa shape index (κ2) is 7.80. The average molecular weight is 355 g/mol. The van der Waals surface area contributed by atoms with E-state index in [1.165, 1.54) is 25.7 Å². The van der Waals surface area contributed by atoms with Crippen molar-refractivity contribution in [2.24, 2.45) is 0 Å². The monoisotopic (exact) mass is 354 g/mol. The molecule has 21 heavy (non-hydrogen) atoms. The molecule has 0 heterocycles. The summed E-state index contributed by atoms with van der Waals surface area (Å²) in [6.07, 6.45) is 4.93. The smallest absolute Gasteiger partial charge is 0.236 e. The third kappa shape index (κ3) is 4.71. The molecule has 1 fully saturated rings. The minimum atomic E-state index is 0.115. The Bertz CT molecular complexity index is 487. The van der Waals surface area contributed by atoms with E-state index >= 15 is 0 Å². The van der Waals surface area contributed by atoms with E-state index in [2.05, 4.69) is 21.2 Å². The Hall–Kier alpha value is -1.07. The fraction of sp³-hybridized carbons (Fsp3) is 0.562. The average Bonchev–Trinajstić information content (AvgIpc) is 2.98. The molecule has 0 saturated heterocycles. The first-order valence-corrected chi connectivity index (χ1v) is 8.19. The number of rotatable bonds is 6. The molecule has 2 rings (SSSR count). The summed E-state index contributed by atoms with van der Waals surface area (Å²) < 4.78 is 6.34. The van der Waals surface area contributed by atoms with Gasteiger partial charge in [0.2, 0.25) is 5.91 Å². The van der Waals surface area contributed by atoms with Gasteiger partial charge in [-0.3, -0.25) is 4.79 Å². The first kappa shape index (κ1) is 16.3. The van der Waals surface area contributed by atoms with E-state index in [0.29, 0.717) is 19.1 Å². The second-order valence-electron chi connectivity index (χ2n) is 5.57. The van der Waals surface area contributed by atoms with Crippen molar-refractivity contribution in [1.82, 2.24) is 10.2 Å². The van der Waals surface area contributed by atoms with E-state index in [-0.39, 0.29) is 5.91 Å². The van der Waals surface area contributed by atoms with Crippen LogP contribution in [0.15, 0.2) is 22.7 Å². The molecule has 0 aliphatic heterocycles. The molecular weight excluding hydrogens is 332 g/mol. The van der Waals surface area contributed by atoms with Crippen molar-refractivity contribution < 1.29 is 9.53 Å². The maximum Gasteiger partial charge on any atom is 0.236 e. The van der Waals surface area contributed by atoms with Crippen molar-refractivity contribution in [2.45, 2.75) is 38.3 Å². The normalized spacial score (nSPS) is 15.2. The number of hydrogen-bond donors (Lipinski definition) is 1. The van der Waals surface area contributed by atoms with E-state index in [9.17, 15) is 4.79 Å². The topological polar surface area (TPSA) is 41.6 Å². The molecule has 1 aromatic rings. The van der Waals surface area contributed by atoms with E-state index in [1.54, 1.807) is 12.0 Å². The molecule has 0 radical (unpaired) electrons. The molecule has 4 nitrogen and oxygen atoms in total. The quantitative estimate of drug-likeness (QED) is 0.853.